The topological polar surface area (TPSA) is 23.5 Å². The van der Waals surface area contributed by atoms with Gasteiger partial charge in [0.1, 0.15) is 0 Å². The summed E-state index contributed by atoms with van der Waals surface area (Å²) in [6.45, 7) is 7.25. The van der Waals surface area contributed by atoms with Crippen LogP contribution in [0.2, 0.25) is 0 Å². The Labute approximate surface area is 134 Å². The van der Waals surface area contributed by atoms with E-state index >= 15 is 0 Å². The predicted octanol–water partition coefficient (Wildman–Crippen LogP) is 3.92. The Balaban J connectivity index is 0.000000847. The molecule has 0 amide bonds. The van der Waals surface area contributed by atoms with Gasteiger partial charge in [-0.2, -0.15) is 0 Å². The first kappa shape index (κ1) is 16.7. The first-order valence-electron chi connectivity index (χ1n) is 8.29. The van der Waals surface area contributed by atoms with Crippen LogP contribution in [0.1, 0.15) is 30.9 Å². The molecule has 0 spiro atoms. The number of rotatable bonds is 4. The largest absolute Gasteiger partial charge is 0.396 e. The number of aliphatic hydroxyl groups is 1. The number of aliphatic hydroxyl groups excluding tert-OH is 1. The molecule has 22 heavy (non-hydrogen) atoms. The molecule has 0 saturated carbocycles. The molecule has 2 aromatic rings. The summed E-state index contributed by atoms with van der Waals surface area (Å²) in [5, 5.41) is 9.65. The number of nitrogens with zero attached hydrogens (tertiary/aromatic N) is 1. The van der Waals surface area contributed by atoms with Gasteiger partial charge >= 0.3 is 0 Å². The zero-order chi connectivity index (χ0) is 15.8. The maximum atomic E-state index is 9.65. The lowest BCUT2D eigenvalue weighted by Crippen LogP contribution is -2.20. The number of benzene rings is 2. The maximum absolute atomic E-state index is 9.65. The second kappa shape index (κ2) is 8.72. The standard InChI is InChI=1S/C18H21NO.C2H6/c20-14-17-12-19(11-15-7-3-1-4-8-15)13-18(17)16-9-5-2-6-10-16;1-2/h1-10,17-18,20H,11-14H2;1-2H3/t17-,18-;/m0./s1. The van der Waals surface area contributed by atoms with Crippen LogP contribution in [0.4, 0.5) is 0 Å². The number of likely N-dealkylation sites (tertiary alicyclic amines) is 1. The molecular weight excluding hydrogens is 270 g/mol. The molecule has 1 heterocycles. The minimum atomic E-state index is 0.269. The van der Waals surface area contributed by atoms with Crippen LogP contribution in [-0.4, -0.2) is 29.7 Å². The highest BCUT2D eigenvalue weighted by atomic mass is 16.3. The van der Waals surface area contributed by atoms with Gasteiger partial charge in [0.05, 0.1) is 0 Å². The van der Waals surface area contributed by atoms with Crippen molar-refractivity contribution in [2.24, 2.45) is 5.92 Å². The summed E-state index contributed by atoms with van der Waals surface area (Å²) >= 11 is 0. The summed E-state index contributed by atoms with van der Waals surface area (Å²) in [6.07, 6.45) is 0. The van der Waals surface area contributed by atoms with Crippen LogP contribution in [0.25, 0.3) is 0 Å². The van der Waals surface area contributed by atoms with Gasteiger partial charge in [-0.05, 0) is 11.1 Å². The molecule has 1 N–H and O–H groups in total. The lowest BCUT2D eigenvalue weighted by Gasteiger charge is -2.16. The molecule has 118 valence electrons. The van der Waals surface area contributed by atoms with Crippen molar-refractivity contribution in [3.63, 3.8) is 0 Å². The first-order valence-corrected chi connectivity index (χ1v) is 8.29. The molecule has 1 aliphatic heterocycles. The molecule has 1 saturated heterocycles. The smallest absolute Gasteiger partial charge is 0.0477 e. The quantitative estimate of drug-likeness (QED) is 0.924. The Kier molecular flexibility index (Phi) is 6.63. The summed E-state index contributed by atoms with van der Waals surface area (Å²) in [4.78, 5) is 2.45. The van der Waals surface area contributed by atoms with Gasteiger partial charge in [0.25, 0.3) is 0 Å². The van der Waals surface area contributed by atoms with E-state index in [9.17, 15) is 5.11 Å². The Morgan fingerprint density at radius 3 is 2.09 bits per heavy atom. The average Bonchev–Trinajstić information content (AvgIpc) is 3.01. The molecule has 3 rings (SSSR count). The van der Waals surface area contributed by atoms with Gasteiger partial charge in [-0.25, -0.2) is 0 Å². The van der Waals surface area contributed by atoms with E-state index in [-0.39, 0.29) is 6.61 Å². The van der Waals surface area contributed by atoms with Gasteiger partial charge in [-0.3, -0.25) is 4.90 Å². The highest BCUT2D eigenvalue weighted by molar-refractivity contribution is 5.23. The summed E-state index contributed by atoms with van der Waals surface area (Å²) in [5.41, 5.74) is 2.69. The van der Waals surface area contributed by atoms with E-state index in [2.05, 4.69) is 59.5 Å². The molecule has 2 aromatic carbocycles. The predicted molar refractivity (Wildman–Crippen MR) is 92.8 cm³/mol. The fraction of sp³-hybridized carbons (Fsp3) is 0.400. The molecule has 2 heteroatoms. The van der Waals surface area contributed by atoms with Crippen molar-refractivity contribution in [3.8, 4) is 0 Å². The van der Waals surface area contributed by atoms with Crippen LogP contribution in [0.5, 0.6) is 0 Å². The van der Waals surface area contributed by atoms with Crippen molar-refractivity contribution in [3.05, 3.63) is 71.8 Å². The minimum Gasteiger partial charge on any atom is -0.396 e. The van der Waals surface area contributed by atoms with Crippen molar-refractivity contribution < 1.29 is 5.11 Å². The normalized spacial score (nSPS) is 21.2. The van der Waals surface area contributed by atoms with E-state index < -0.39 is 0 Å². The monoisotopic (exact) mass is 297 g/mol. The van der Waals surface area contributed by atoms with Gasteiger partial charge in [-0.15, -0.1) is 0 Å². The van der Waals surface area contributed by atoms with Crippen LogP contribution in [0.3, 0.4) is 0 Å². The second-order valence-electron chi connectivity index (χ2n) is 5.64. The van der Waals surface area contributed by atoms with Gasteiger partial charge in [0.15, 0.2) is 0 Å². The van der Waals surface area contributed by atoms with Gasteiger partial charge in [-0.1, -0.05) is 74.5 Å². The third-order valence-electron chi connectivity index (χ3n) is 4.23. The summed E-state index contributed by atoms with van der Waals surface area (Å²) < 4.78 is 0. The molecule has 2 nitrogen and oxygen atoms in total. The van der Waals surface area contributed by atoms with Crippen molar-refractivity contribution in [2.75, 3.05) is 19.7 Å². The van der Waals surface area contributed by atoms with Crippen LogP contribution in [-0.2, 0) is 6.54 Å². The lowest BCUT2D eigenvalue weighted by atomic mass is 9.90. The van der Waals surface area contributed by atoms with E-state index in [4.69, 9.17) is 0 Å². The maximum Gasteiger partial charge on any atom is 0.0477 e. The molecule has 0 unspecified atom stereocenters. The average molecular weight is 297 g/mol. The molecule has 0 radical (unpaired) electrons. The molecule has 0 aromatic heterocycles. The van der Waals surface area contributed by atoms with Crippen LogP contribution in [0, 0.1) is 5.92 Å². The van der Waals surface area contributed by atoms with Crippen molar-refractivity contribution >= 4 is 0 Å². The Bertz CT molecular complexity index is 526. The highest BCUT2D eigenvalue weighted by Gasteiger charge is 2.32. The lowest BCUT2D eigenvalue weighted by molar-refractivity contribution is 0.214. The van der Waals surface area contributed by atoms with Crippen molar-refractivity contribution in [1.29, 1.82) is 0 Å². The Morgan fingerprint density at radius 1 is 0.909 bits per heavy atom. The third kappa shape index (κ3) is 4.19. The van der Waals surface area contributed by atoms with Gasteiger partial charge in [0, 0.05) is 38.1 Å². The fourth-order valence-electron chi connectivity index (χ4n) is 3.19. The van der Waals surface area contributed by atoms with Crippen LogP contribution < -0.4 is 0 Å². The third-order valence-corrected chi connectivity index (χ3v) is 4.23. The van der Waals surface area contributed by atoms with E-state index in [1.54, 1.807) is 0 Å². The molecule has 1 aliphatic rings. The van der Waals surface area contributed by atoms with E-state index in [0.29, 0.717) is 11.8 Å². The zero-order valence-corrected chi connectivity index (χ0v) is 13.7. The van der Waals surface area contributed by atoms with Crippen molar-refractivity contribution in [2.45, 2.75) is 26.3 Å². The molecule has 2 atom stereocenters. The van der Waals surface area contributed by atoms with E-state index in [1.807, 2.05) is 19.9 Å². The van der Waals surface area contributed by atoms with Crippen LogP contribution >= 0.6 is 0 Å². The zero-order valence-electron chi connectivity index (χ0n) is 13.7. The van der Waals surface area contributed by atoms with Gasteiger partial charge < -0.3 is 5.11 Å². The molecular formula is C20H27NO. The Morgan fingerprint density at radius 2 is 1.50 bits per heavy atom. The Hall–Kier alpha value is -1.64. The van der Waals surface area contributed by atoms with E-state index in [1.165, 1.54) is 11.1 Å². The number of hydrogen-bond acceptors (Lipinski definition) is 2. The number of hydrogen-bond donors (Lipinski definition) is 1. The summed E-state index contributed by atoms with van der Waals surface area (Å²) in [5.74, 6) is 0.797. The first-order chi connectivity index (χ1) is 10.9. The van der Waals surface area contributed by atoms with Crippen LogP contribution in [0.15, 0.2) is 60.7 Å². The molecule has 1 fully saturated rings. The SMILES string of the molecule is CC.OC[C@@H]1CN(Cc2ccccc2)C[C@H]1c1ccccc1. The fourth-order valence-corrected chi connectivity index (χ4v) is 3.19. The van der Waals surface area contributed by atoms with Gasteiger partial charge in [0.2, 0.25) is 0 Å². The minimum absolute atomic E-state index is 0.269. The summed E-state index contributed by atoms with van der Waals surface area (Å²) in [6, 6.07) is 21.2. The highest BCUT2D eigenvalue weighted by Crippen LogP contribution is 2.32. The van der Waals surface area contributed by atoms with E-state index in [0.717, 1.165) is 19.6 Å². The van der Waals surface area contributed by atoms with Crippen molar-refractivity contribution in [1.82, 2.24) is 4.90 Å². The second-order valence-corrected chi connectivity index (χ2v) is 5.64. The molecule has 0 aliphatic carbocycles. The molecule has 0 bridgehead atoms. The summed E-state index contributed by atoms with van der Waals surface area (Å²) in [7, 11) is 0.